The number of thiazole rings is 1. The Morgan fingerprint density at radius 1 is 1.18 bits per heavy atom. The summed E-state index contributed by atoms with van der Waals surface area (Å²) in [4.78, 5) is 20.3. The first-order valence-corrected chi connectivity index (χ1v) is 12.6. The number of ether oxygens (including phenoxy) is 1. The number of thiocarbonyl (C=S) groups is 1. The van der Waals surface area contributed by atoms with E-state index in [1.54, 1.807) is 0 Å². The van der Waals surface area contributed by atoms with E-state index in [-0.39, 0.29) is 11.9 Å². The maximum absolute atomic E-state index is 13.4. The number of nitrogens with one attached hydrogen (secondary N) is 3. The number of benzene rings is 2. The molecule has 0 fully saturated rings. The van der Waals surface area contributed by atoms with E-state index in [9.17, 15) is 4.79 Å². The van der Waals surface area contributed by atoms with Crippen molar-refractivity contribution in [2.45, 2.75) is 33.7 Å². The van der Waals surface area contributed by atoms with Crippen LogP contribution in [-0.4, -0.2) is 35.7 Å². The number of hydrogen-bond donors (Lipinski definition) is 3. The standard InChI is InChI=1S/C25H29N5O2S2/c1-5-30(6-2)17-10-8-16(9-11-17)22-21(15(4)26-24(33)28-22)23(31)29-25-27-19-13-12-18(32-7-3)14-20(19)34-25/h8-14,22H,5-7H2,1-4H3,(H2,26,28,33)(H,27,29,31). The Morgan fingerprint density at radius 2 is 1.91 bits per heavy atom. The van der Waals surface area contributed by atoms with Crippen LogP contribution in [0.5, 0.6) is 5.75 Å². The summed E-state index contributed by atoms with van der Waals surface area (Å²) >= 11 is 6.81. The van der Waals surface area contributed by atoms with Crippen molar-refractivity contribution in [3.63, 3.8) is 0 Å². The minimum atomic E-state index is -0.363. The first kappa shape index (κ1) is 24.0. The Kier molecular flexibility index (Phi) is 7.33. The number of fused-ring (bicyclic) bond motifs is 1. The Morgan fingerprint density at radius 3 is 2.59 bits per heavy atom. The lowest BCUT2D eigenvalue weighted by atomic mass is 9.94. The van der Waals surface area contributed by atoms with Gasteiger partial charge in [0.2, 0.25) is 0 Å². The van der Waals surface area contributed by atoms with Gasteiger partial charge in [-0.1, -0.05) is 23.5 Å². The van der Waals surface area contributed by atoms with Crippen molar-refractivity contribution in [3.05, 3.63) is 59.3 Å². The number of amides is 1. The minimum absolute atomic E-state index is 0.220. The summed E-state index contributed by atoms with van der Waals surface area (Å²) in [5.41, 5.74) is 4.24. The minimum Gasteiger partial charge on any atom is -0.494 e. The Labute approximate surface area is 209 Å². The number of rotatable bonds is 8. The predicted molar refractivity (Wildman–Crippen MR) is 144 cm³/mol. The van der Waals surface area contributed by atoms with Crippen molar-refractivity contribution in [1.29, 1.82) is 0 Å². The van der Waals surface area contributed by atoms with Crippen LogP contribution in [0.3, 0.4) is 0 Å². The fourth-order valence-electron chi connectivity index (χ4n) is 4.09. The molecule has 0 radical (unpaired) electrons. The monoisotopic (exact) mass is 495 g/mol. The van der Waals surface area contributed by atoms with Crippen molar-refractivity contribution >= 4 is 55.6 Å². The Hall–Kier alpha value is -3.17. The van der Waals surface area contributed by atoms with Gasteiger partial charge in [-0.3, -0.25) is 10.1 Å². The molecule has 0 saturated heterocycles. The lowest BCUT2D eigenvalue weighted by Gasteiger charge is -2.30. The zero-order valence-corrected chi connectivity index (χ0v) is 21.4. The number of nitrogens with zero attached hydrogens (tertiary/aromatic N) is 2. The fraction of sp³-hybridized carbons (Fsp3) is 0.320. The number of carbonyl (C=O) groups excluding carboxylic acids is 1. The van der Waals surface area contributed by atoms with Gasteiger partial charge in [-0.05, 0) is 75.8 Å². The average molecular weight is 496 g/mol. The zero-order valence-electron chi connectivity index (χ0n) is 19.8. The smallest absolute Gasteiger partial charge is 0.257 e. The van der Waals surface area contributed by atoms with E-state index < -0.39 is 0 Å². The van der Waals surface area contributed by atoms with Gasteiger partial charge in [-0.25, -0.2) is 4.98 Å². The molecule has 1 aliphatic rings. The molecule has 2 aromatic carbocycles. The van der Waals surface area contributed by atoms with Gasteiger partial charge in [-0.15, -0.1) is 0 Å². The molecule has 34 heavy (non-hydrogen) atoms. The molecule has 0 saturated carbocycles. The molecule has 9 heteroatoms. The highest BCUT2D eigenvalue weighted by molar-refractivity contribution is 7.80. The van der Waals surface area contributed by atoms with Crippen LogP contribution >= 0.6 is 23.6 Å². The van der Waals surface area contributed by atoms with E-state index in [2.05, 4.69) is 51.8 Å². The molecule has 7 nitrogen and oxygen atoms in total. The second-order valence-electron chi connectivity index (χ2n) is 7.87. The van der Waals surface area contributed by atoms with E-state index >= 15 is 0 Å². The van der Waals surface area contributed by atoms with Crippen molar-refractivity contribution in [3.8, 4) is 5.75 Å². The van der Waals surface area contributed by atoms with Crippen molar-refractivity contribution < 1.29 is 9.53 Å². The second kappa shape index (κ2) is 10.4. The topological polar surface area (TPSA) is 78.5 Å². The Balaban J connectivity index is 1.60. The summed E-state index contributed by atoms with van der Waals surface area (Å²) in [6.07, 6.45) is 0. The predicted octanol–water partition coefficient (Wildman–Crippen LogP) is 4.97. The zero-order chi connectivity index (χ0) is 24.2. The summed E-state index contributed by atoms with van der Waals surface area (Å²) in [6, 6.07) is 13.6. The van der Waals surface area contributed by atoms with Gasteiger partial charge < -0.3 is 20.3 Å². The van der Waals surface area contributed by atoms with Gasteiger partial charge in [0.05, 0.1) is 28.4 Å². The first-order chi connectivity index (χ1) is 16.4. The summed E-state index contributed by atoms with van der Waals surface area (Å²) in [6.45, 7) is 10.6. The number of allylic oxidation sites excluding steroid dienone is 1. The lowest BCUT2D eigenvalue weighted by Crippen LogP contribution is -2.45. The van der Waals surface area contributed by atoms with Crippen LogP contribution in [0.1, 0.15) is 39.3 Å². The van der Waals surface area contributed by atoms with Crippen LogP contribution in [0.4, 0.5) is 10.8 Å². The molecule has 4 rings (SSSR count). The molecule has 1 unspecified atom stereocenters. The first-order valence-electron chi connectivity index (χ1n) is 11.4. The van der Waals surface area contributed by atoms with Gasteiger partial charge in [0.25, 0.3) is 5.91 Å². The lowest BCUT2D eigenvalue weighted by molar-refractivity contribution is -0.113. The van der Waals surface area contributed by atoms with Gasteiger partial charge in [0, 0.05) is 24.5 Å². The number of aromatic nitrogens is 1. The van der Waals surface area contributed by atoms with Crippen LogP contribution in [0.25, 0.3) is 10.2 Å². The molecule has 1 atom stereocenters. The molecule has 0 spiro atoms. The summed E-state index contributed by atoms with van der Waals surface area (Å²) in [5, 5.41) is 10.4. The maximum Gasteiger partial charge on any atom is 0.257 e. The molecule has 1 aliphatic heterocycles. The van der Waals surface area contributed by atoms with E-state index in [0.717, 1.165) is 46.0 Å². The third-order valence-electron chi connectivity index (χ3n) is 5.76. The maximum atomic E-state index is 13.4. The van der Waals surface area contributed by atoms with Crippen LogP contribution in [0.15, 0.2) is 53.7 Å². The van der Waals surface area contributed by atoms with Crippen molar-refractivity contribution in [1.82, 2.24) is 15.6 Å². The Bertz CT molecular complexity index is 1230. The van der Waals surface area contributed by atoms with Gasteiger partial charge in [0.1, 0.15) is 5.75 Å². The molecule has 1 aromatic heterocycles. The number of anilines is 2. The van der Waals surface area contributed by atoms with E-state index in [1.807, 2.05) is 44.2 Å². The van der Waals surface area contributed by atoms with Crippen molar-refractivity contribution in [2.24, 2.45) is 0 Å². The summed E-state index contributed by atoms with van der Waals surface area (Å²) < 4.78 is 6.53. The molecule has 1 amide bonds. The molecule has 2 heterocycles. The third-order valence-corrected chi connectivity index (χ3v) is 6.91. The largest absolute Gasteiger partial charge is 0.494 e. The average Bonchev–Trinajstić information content (AvgIpc) is 3.21. The molecule has 3 N–H and O–H groups in total. The van der Waals surface area contributed by atoms with Crippen molar-refractivity contribution in [2.75, 3.05) is 29.9 Å². The fourth-order valence-corrected chi connectivity index (χ4v) is 5.25. The molecule has 0 aliphatic carbocycles. The highest BCUT2D eigenvalue weighted by Crippen LogP contribution is 2.32. The quantitative estimate of drug-likeness (QED) is 0.381. The highest BCUT2D eigenvalue weighted by atomic mass is 32.1. The van der Waals surface area contributed by atoms with Gasteiger partial charge in [0.15, 0.2) is 10.2 Å². The molecule has 178 valence electrons. The molecular weight excluding hydrogens is 466 g/mol. The molecule has 3 aromatic rings. The SMILES string of the molecule is CCOc1ccc2nc(NC(=O)C3=C(C)NC(=S)NC3c3ccc(N(CC)CC)cc3)sc2c1. The normalized spacial score (nSPS) is 15.6. The number of carbonyl (C=O) groups is 1. The molecule has 0 bridgehead atoms. The van der Waals surface area contributed by atoms with Crippen LogP contribution in [0.2, 0.25) is 0 Å². The van der Waals surface area contributed by atoms with Gasteiger partial charge >= 0.3 is 0 Å². The van der Waals surface area contributed by atoms with Gasteiger partial charge in [-0.2, -0.15) is 0 Å². The van der Waals surface area contributed by atoms with E-state index in [4.69, 9.17) is 17.0 Å². The van der Waals surface area contributed by atoms with E-state index in [0.29, 0.717) is 22.4 Å². The van der Waals surface area contributed by atoms with Crippen LogP contribution < -0.4 is 25.6 Å². The summed E-state index contributed by atoms with van der Waals surface area (Å²) in [5.74, 6) is 0.569. The molecular formula is C25H29N5O2S2. The second-order valence-corrected chi connectivity index (χ2v) is 9.31. The summed E-state index contributed by atoms with van der Waals surface area (Å²) in [7, 11) is 0. The highest BCUT2D eigenvalue weighted by Gasteiger charge is 2.30. The number of hydrogen-bond acceptors (Lipinski definition) is 6. The third kappa shape index (κ3) is 5.00. The van der Waals surface area contributed by atoms with Crippen LogP contribution in [-0.2, 0) is 4.79 Å². The van der Waals surface area contributed by atoms with E-state index in [1.165, 1.54) is 11.3 Å². The van der Waals surface area contributed by atoms with Crippen LogP contribution in [0, 0.1) is 0 Å².